The molecule has 1 aromatic rings. The van der Waals surface area contributed by atoms with Gasteiger partial charge in [-0.15, -0.1) is 11.6 Å². The Balaban J connectivity index is 2.49. The molecule has 0 aliphatic heterocycles. The summed E-state index contributed by atoms with van der Waals surface area (Å²) in [6.45, 7) is 9.55. The zero-order chi connectivity index (χ0) is 13.6. The summed E-state index contributed by atoms with van der Waals surface area (Å²) in [7, 11) is 0. The first-order valence-electron chi connectivity index (χ1n) is 6.61. The van der Waals surface area contributed by atoms with Crippen molar-refractivity contribution in [1.82, 2.24) is 9.36 Å². The van der Waals surface area contributed by atoms with Crippen LogP contribution in [-0.2, 0) is 5.41 Å². The molecule has 0 saturated carbocycles. The third-order valence-electron chi connectivity index (χ3n) is 2.85. The Bertz CT molecular complexity index is 340. The van der Waals surface area contributed by atoms with Crippen molar-refractivity contribution in [2.24, 2.45) is 5.92 Å². The smallest absolute Gasteiger partial charge is 0.202 e. The number of halogens is 1. The zero-order valence-corrected chi connectivity index (χ0v) is 13.4. The first kappa shape index (κ1) is 15.7. The summed E-state index contributed by atoms with van der Waals surface area (Å²) in [5.74, 6) is 2.28. The van der Waals surface area contributed by atoms with Crippen LogP contribution in [0.2, 0.25) is 0 Å². The fourth-order valence-corrected chi connectivity index (χ4v) is 2.81. The summed E-state index contributed by atoms with van der Waals surface area (Å²) < 4.78 is 4.40. The normalized spacial score (nSPS) is 13.6. The summed E-state index contributed by atoms with van der Waals surface area (Å²) in [6.07, 6.45) is 3.48. The van der Waals surface area contributed by atoms with Crippen LogP contribution in [0.4, 0.5) is 5.13 Å². The largest absolute Gasteiger partial charge is 0.360 e. The molecule has 5 heteroatoms. The van der Waals surface area contributed by atoms with Crippen LogP contribution >= 0.6 is 23.1 Å². The van der Waals surface area contributed by atoms with E-state index >= 15 is 0 Å². The summed E-state index contributed by atoms with van der Waals surface area (Å²) in [5.41, 5.74) is 0.0232. The van der Waals surface area contributed by atoms with Crippen LogP contribution in [0.25, 0.3) is 0 Å². The molecule has 1 unspecified atom stereocenters. The van der Waals surface area contributed by atoms with Crippen LogP contribution in [0.5, 0.6) is 0 Å². The van der Waals surface area contributed by atoms with Crippen molar-refractivity contribution in [3.63, 3.8) is 0 Å². The Labute approximate surface area is 120 Å². The van der Waals surface area contributed by atoms with E-state index in [-0.39, 0.29) is 5.41 Å². The average molecular weight is 290 g/mol. The number of aromatic nitrogens is 2. The van der Waals surface area contributed by atoms with Crippen LogP contribution in [0.3, 0.4) is 0 Å². The lowest BCUT2D eigenvalue weighted by atomic mass is 9.96. The van der Waals surface area contributed by atoms with Crippen molar-refractivity contribution >= 4 is 28.3 Å². The number of nitrogens with one attached hydrogen (secondary N) is 1. The molecular formula is C13H24ClN3S. The minimum atomic E-state index is 0.0232. The Morgan fingerprint density at radius 2 is 2.06 bits per heavy atom. The predicted octanol–water partition coefficient (Wildman–Crippen LogP) is 4.29. The highest BCUT2D eigenvalue weighted by Crippen LogP contribution is 2.23. The Kier molecular flexibility index (Phi) is 6.36. The second-order valence-corrected chi connectivity index (χ2v) is 6.82. The van der Waals surface area contributed by atoms with Gasteiger partial charge in [-0.3, -0.25) is 0 Å². The van der Waals surface area contributed by atoms with Crippen molar-refractivity contribution in [2.75, 3.05) is 17.7 Å². The molecule has 0 bridgehead atoms. The summed E-state index contributed by atoms with van der Waals surface area (Å²) in [5, 5.41) is 4.32. The van der Waals surface area contributed by atoms with Crippen LogP contribution in [0.15, 0.2) is 0 Å². The van der Waals surface area contributed by atoms with E-state index in [0.717, 1.165) is 29.8 Å². The molecule has 3 nitrogen and oxygen atoms in total. The third kappa shape index (κ3) is 5.11. The van der Waals surface area contributed by atoms with Gasteiger partial charge in [0, 0.05) is 29.4 Å². The molecule has 0 radical (unpaired) electrons. The average Bonchev–Trinajstić information content (AvgIpc) is 2.75. The second-order valence-electron chi connectivity index (χ2n) is 5.69. The standard InChI is InChI=1S/C13H24ClN3S/c1-5-6-10(7-8-14)9-15-12-16-11(17-18-12)13(2,3)4/h10H,5-9H2,1-4H3,(H,15,16,17). The maximum Gasteiger partial charge on any atom is 0.202 e. The first-order chi connectivity index (χ1) is 8.47. The van der Waals surface area contributed by atoms with E-state index in [2.05, 4.69) is 42.4 Å². The van der Waals surface area contributed by atoms with Gasteiger partial charge in [-0.1, -0.05) is 34.1 Å². The number of rotatable bonds is 7. The van der Waals surface area contributed by atoms with E-state index in [0.29, 0.717) is 5.92 Å². The van der Waals surface area contributed by atoms with Crippen LogP contribution < -0.4 is 5.32 Å². The van der Waals surface area contributed by atoms with Gasteiger partial charge in [0.1, 0.15) is 5.82 Å². The molecule has 1 heterocycles. The summed E-state index contributed by atoms with van der Waals surface area (Å²) in [4.78, 5) is 4.54. The minimum Gasteiger partial charge on any atom is -0.360 e. The number of anilines is 1. The van der Waals surface area contributed by atoms with Gasteiger partial charge in [0.05, 0.1) is 0 Å². The van der Waals surface area contributed by atoms with Gasteiger partial charge in [-0.05, 0) is 18.8 Å². The van der Waals surface area contributed by atoms with Crippen molar-refractivity contribution < 1.29 is 0 Å². The summed E-state index contributed by atoms with van der Waals surface area (Å²) in [6, 6.07) is 0. The molecule has 0 aliphatic rings. The SMILES string of the molecule is CCCC(CCCl)CNc1nc(C(C)(C)C)ns1. The highest BCUT2D eigenvalue weighted by Gasteiger charge is 2.19. The maximum atomic E-state index is 5.82. The molecule has 1 rings (SSSR count). The van der Waals surface area contributed by atoms with Crippen LogP contribution in [0, 0.1) is 5.92 Å². The molecule has 0 aromatic carbocycles. The van der Waals surface area contributed by atoms with E-state index in [1.807, 2.05) is 0 Å². The fourth-order valence-electron chi connectivity index (χ4n) is 1.74. The fraction of sp³-hybridized carbons (Fsp3) is 0.846. The lowest BCUT2D eigenvalue weighted by Gasteiger charge is -2.15. The molecule has 1 N–H and O–H groups in total. The Morgan fingerprint density at radius 3 is 2.56 bits per heavy atom. The van der Waals surface area contributed by atoms with E-state index in [1.165, 1.54) is 24.4 Å². The molecule has 1 aromatic heterocycles. The molecule has 1 atom stereocenters. The van der Waals surface area contributed by atoms with E-state index in [9.17, 15) is 0 Å². The van der Waals surface area contributed by atoms with Gasteiger partial charge in [-0.2, -0.15) is 4.37 Å². The van der Waals surface area contributed by atoms with Crippen molar-refractivity contribution in [3.8, 4) is 0 Å². The number of nitrogens with zero attached hydrogens (tertiary/aromatic N) is 2. The maximum absolute atomic E-state index is 5.82. The van der Waals surface area contributed by atoms with Gasteiger partial charge in [-0.25, -0.2) is 4.98 Å². The lowest BCUT2D eigenvalue weighted by molar-refractivity contribution is 0.490. The van der Waals surface area contributed by atoms with Gasteiger partial charge in [0.25, 0.3) is 0 Å². The molecule has 0 spiro atoms. The van der Waals surface area contributed by atoms with Gasteiger partial charge in [0.2, 0.25) is 5.13 Å². The monoisotopic (exact) mass is 289 g/mol. The van der Waals surface area contributed by atoms with Crippen molar-refractivity contribution in [2.45, 2.75) is 52.4 Å². The van der Waals surface area contributed by atoms with Crippen LogP contribution in [-0.4, -0.2) is 21.8 Å². The predicted molar refractivity (Wildman–Crippen MR) is 80.8 cm³/mol. The van der Waals surface area contributed by atoms with E-state index in [4.69, 9.17) is 11.6 Å². The molecule has 0 fully saturated rings. The molecule has 104 valence electrons. The van der Waals surface area contributed by atoms with Gasteiger partial charge < -0.3 is 5.32 Å². The highest BCUT2D eigenvalue weighted by atomic mass is 35.5. The zero-order valence-electron chi connectivity index (χ0n) is 11.8. The molecular weight excluding hydrogens is 266 g/mol. The number of hydrogen-bond acceptors (Lipinski definition) is 4. The second kappa shape index (κ2) is 7.29. The van der Waals surface area contributed by atoms with E-state index < -0.39 is 0 Å². The third-order valence-corrected chi connectivity index (χ3v) is 3.74. The summed E-state index contributed by atoms with van der Waals surface area (Å²) >= 11 is 7.27. The molecule has 0 aliphatic carbocycles. The van der Waals surface area contributed by atoms with Crippen molar-refractivity contribution in [1.29, 1.82) is 0 Å². The topological polar surface area (TPSA) is 37.8 Å². The Morgan fingerprint density at radius 1 is 1.33 bits per heavy atom. The highest BCUT2D eigenvalue weighted by molar-refractivity contribution is 7.09. The first-order valence-corrected chi connectivity index (χ1v) is 7.92. The van der Waals surface area contributed by atoms with Crippen molar-refractivity contribution in [3.05, 3.63) is 5.82 Å². The van der Waals surface area contributed by atoms with Gasteiger partial charge in [0.15, 0.2) is 0 Å². The van der Waals surface area contributed by atoms with Crippen LogP contribution in [0.1, 0.15) is 52.8 Å². The van der Waals surface area contributed by atoms with Gasteiger partial charge >= 0.3 is 0 Å². The Hall–Kier alpha value is -0.350. The van der Waals surface area contributed by atoms with E-state index in [1.54, 1.807) is 0 Å². The molecule has 18 heavy (non-hydrogen) atoms. The number of alkyl halides is 1. The molecule has 0 amide bonds. The number of hydrogen-bond donors (Lipinski definition) is 1. The minimum absolute atomic E-state index is 0.0232. The lowest BCUT2D eigenvalue weighted by Crippen LogP contribution is -2.16. The quantitative estimate of drug-likeness (QED) is 0.761. The molecule has 0 saturated heterocycles.